The van der Waals surface area contributed by atoms with Gasteiger partial charge in [-0.25, -0.2) is 13.1 Å². The number of sulfonamides is 1. The van der Waals surface area contributed by atoms with Crippen LogP contribution in [0, 0.1) is 27.2 Å². The molecule has 0 bridgehead atoms. The Kier molecular flexibility index (Phi) is 6.22. The zero-order valence-electron chi connectivity index (χ0n) is 15.9. The van der Waals surface area contributed by atoms with Crippen molar-refractivity contribution in [1.29, 1.82) is 0 Å². The van der Waals surface area contributed by atoms with Crippen LogP contribution in [0.15, 0.2) is 52.0 Å². The number of hydrogen-bond acceptors (Lipinski definition) is 10. The number of rotatable bonds is 9. The highest BCUT2D eigenvalue weighted by Crippen LogP contribution is 2.31. The number of nitrogens with one attached hydrogen (secondary N) is 1. The first-order chi connectivity index (χ1) is 14.7. The van der Waals surface area contributed by atoms with E-state index in [1.165, 1.54) is 19.3 Å². The number of nitrogens with zero attached hydrogens (tertiary/aromatic N) is 4. The fourth-order valence-electron chi connectivity index (χ4n) is 2.56. The van der Waals surface area contributed by atoms with E-state index in [2.05, 4.69) is 14.9 Å². The van der Waals surface area contributed by atoms with Crippen molar-refractivity contribution in [3.05, 3.63) is 68.5 Å². The van der Waals surface area contributed by atoms with Crippen molar-refractivity contribution < 1.29 is 27.4 Å². The molecule has 13 nitrogen and oxygen atoms in total. The van der Waals surface area contributed by atoms with Crippen LogP contribution in [0.25, 0.3) is 11.5 Å². The Bertz CT molecular complexity index is 1170. The van der Waals surface area contributed by atoms with Crippen molar-refractivity contribution in [3.63, 3.8) is 0 Å². The molecule has 0 saturated heterocycles. The predicted octanol–water partition coefficient (Wildman–Crippen LogP) is 2.22. The number of benzene rings is 1. The van der Waals surface area contributed by atoms with Crippen LogP contribution in [0.3, 0.4) is 0 Å². The van der Waals surface area contributed by atoms with Crippen molar-refractivity contribution in [1.82, 2.24) is 14.9 Å². The van der Waals surface area contributed by atoms with Crippen LogP contribution in [0.5, 0.6) is 5.88 Å². The quantitative estimate of drug-likeness (QED) is 0.289. The molecule has 2 aromatic heterocycles. The number of hydrogen-bond donors (Lipinski definition) is 1. The molecule has 0 aliphatic rings. The Hall–Kier alpha value is -3.91. The van der Waals surface area contributed by atoms with Crippen LogP contribution in [-0.4, -0.2) is 41.6 Å². The molecular weight excluding hydrogens is 434 g/mol. The molecule has 0 radical (unpaired) electrons. The third kappa shape index (κ3) is 4.99. The number of nitro benzene ring substituents is 2. The monoisotopic (exact) mass is 449 g/mol. The fourth-order valence-corrected chi connectivity index (χ4v) is 3.61. The summed E-state index contributed by atoms with van der Waals surface area (Å²) >= 11 is 0. The average molecular weight is 449 g/mol. The number of furan rings is 1. The van der Waals surface area contributed by atoms with Crippen LogP contribution in [0.2, 0.25) is 0 Å². The first-order valence-electron chi connectivity index (χ1n) is 8.62. The normalized spacial score (nSPS) is 11.3. The second-order valence-electron chi connectivity index (χ2n) is 6.08. The summed E-state index contributed by atoms with van der Waals surface area (Å²) in [6.45, 7) is 0.815. The largest absolute Gasteiger partial charge is 0.475 e. The van der Waals surface area contributed by atoms with E-state index in [-0.39, 0.29) is 24.6 Å². The Balaban J connectivity index is 1.65. The highest BCUT2D eigenvalue weighted by molar-refractivity contribution is 7.89. The topological polar surface area (TPSA) is 181 Å². The average Bonchev–Trinajstić information content (AvgIpc) is 3.26. The lowest BCUT2D eigenvalue weighted by atomic mass is 10.1. The minimum absolute atomic E-state index is 0.135. The van der Waals surface area contributed by atoms with Gasteiger partial charge in [-0.2, -0.15) is 0 Å². The van der Waals surface area contributed by atoms with Crippen molar-refractivity contribution >= 4 is 21.4 Å². The molecule has 3 aromatic rings. The first kappa shape index (κ1) is 21.8. The number of ether oxygens (including phenoxy) is 1. The molecule has 0 aliphatic carbocycles. The summed E-state index contributed by atoms with van der Waals surface area (Å²) in [4.78, 5) is 19.9. The lowest BCUT2D eigenvalue weighted by Gasteiger charge is -2.09. The van der Waals surface area contributed by atoms with Gasteiger partial charge < -0.3 is 9.15 Å². The smallest absolute Gasteiger partial charge is 0.280 e. The SMILES string of the molecule is Cc1c([N+](=O)[O-])cc(S(=O)(=O)NCCOc2ccc(-c3ccco3)nn2)cc1[N+](=O)[O-]. The minimum atomic E-state index is -4.27. The van der Waals surface area contributed by atoms with Crippen molar-refractivity contribution in [2.75, 3.05) is 13.2 Å². The van der Waals surface area contributed by atoms with Crippen LogP contribution in [0.1, 0.15) is 5.56 Å². The maximum Gasteiger partial charge on any atom is 0.280 e. The van der Waals surface area contributed by atoms with Gasteiger partial charge in [-0.15, -0.1) is 10.2 Å². The molecule has 2 heterocycles. The molecule has 31 heavy (non-hydrogen) atoms. The van der Waals surface area contributed by atoms with E-state index in [1.54, 1.807) is 18.2 Å². The fraction of sp³-hybridized carbons (Fsp3) is 0.176. The van der Waals surface area contributed by atoms with Gasteiger partial charge in [0.15, 0.2) is 5.76 Å². The summed E-state index contributed by atoms with van der Waals surface area (Å²) < 4.78 is 37.5. The standard InChI is InChI=1S/C17H15N5O8S/c1-11-14(21(23)24)9-12(10-15(11)22(25)26)31(27,28)18-6-8-30-17-5-4-13(19-20-17)16-3-2-7-29-16/h2-5,7,9-10,18H,6,8H2,1H3. The van der Waals surface area contributed by atoms with Gasteiger partial charge in [-0.3, -0.25) is 20.2 Å². The Labute approximate surface area is 175 Å². The van der Waals surface area contributed by atoms with E-state index >= 15 is 0 Å². The van der Waals surface area contributed by atoms with Crippen molar-refractivity contribution in [3.8, 4) is 17.3 Å². The summed E-state index contributed by atoms with van der Waals surface area (Å²) in [6.07, 6.45) is 1.49. The lowest BCUT2D eigenvalue weighted by Crippen LogP contribution is -2.28. The first-order valence-corrected chi connectivity index (χ1v) is 10.1. The van der Waals surface area contributed by atoms with Crippen molar-refractivity contribution in [2.45, 2.75) is 11.8 Å². The second kappa shape index (κ2) is 8.85. The summed E-state index contributed by atoms with van der Waals surface area (Å²) in [5.41, 5.74) is -1.09. The number of nitro groups is 2. The highest BCUT2D eigenvalue weighted by atomic mass is 32.2. The van der Waals surface area contributed by atoms with Gasteiger partial charge in [-0.05, 0) is 25.1 Å². The van der Waals surface area contributed by atoms with E-state index < -0.39 is 36.1 Å². The molecule has 0 saturated carbocycles. The zero-order valence-corrected chi connectivity index (χ0v) is 16.7. The lowest BCUT2D eigenvalue weighted by molar-refractivity contribution is -0.395. The van der Waals surface area contributed by atoms with Gasteiger partial charge in [0.1, 0.15) is 17.9 Å². The molecule has 0 atom stereocenters. The molecule has 1 N–H and O–H groups in total. The molecular formula is C17H15N5O8S. The van der Waals surface area contributed by atoms with E-state index in [0.29, 0.717) is 11.5 Å². The Morgan fingerprint density at radius 2 is 1.77 bits per heavy atom. The van der Waals surface area contributed by atoms with Gasteiger partial charge in [-0.1, -0.05) is 0 Å². The summed E-state index contributed by atoms with van der Waals surface area (Å²) in [5.74, 6) is 0.657. The zero-order chi connectivity index (χ0) is 22.6. The van der Waals surface area contributed by atoms with Crippen LogP contribution in [0.4, 0.5) is 11.4 Å². The molecule has 0 unspecified atom stereocenters. The second-order valence-corrected chi connectivity index (χ2v) is 7.85. The summed E-state index contributed by atoms with van der Waals surface area (Å²) in [6, 6.07) is 8.07. The van der Waals surface area contributed by atoms with Gasteiger partial charge in [0.2, 0.25) is 15.9 Å². The minimum Gasteiger partial charge on any atom is -0.475 e. The third-order valence-electron chi connectivity index (χ3n) is 4.09. The molecule has 0 fully saturated rings. The molecule has 3 rings (SSSR count). The van der Waals surface area contributed by atoms with Crippen LogP contribution in [-0.2, 0) is 10.0 Å². The van der Waals surface area contributed by atoms with Crippen molar-refractivity contribution in [2.24, 2.45) is 0 Å². The van der Waals surface area contributed by atoms with Gasteiger partial charge >= 0.3 is 0 Å². The molecule has 14 heteroatoms. The maximum absolute atomic E-state index is 12.4. The predicted molar refractivity (Wildman–Crippen MR) is 105 cm³/mol. The Morgan fingerprint density at radius 1 is 1.10 bits per heavy atom. The Morgan fingerprint density at radius 3 is 2.29 bits per heavy atom. The third-order valence-corrected chi connectivity index (χ3v) is 5.53. The van der Waals surface area contributed by atoms with Crippen LogP contribution < -0.4 is 9.46 Å². The molecule has 162 valence electrons. The molecule has 0 aliphatic heterocycles. The molecule has 0 spiro atoms. The van der Waals surface area contributed by atoms with Gasteiger partial charge in [0.25, 0.3) is 11.4 Å². The van der Waals surface area contributed by atoms with E-state index in [1.807, 2.05) is 0 Å². The van der Waals surface area contributed by atoms with E-state index in [0.717, 1.165) is 12.1 Å². The summed E-state index contributed by atoms with van der Waals surface area (Å²) in [7, 11) is -4.27. The van der Waals surface area contributed by atoms with Gasteiger partial charge in [0, 0.05) is 24.7 Å². The number of aromatic nitrogens is 2. The van der Waals surface area contributed by atoms with E-state index in [9.17, 15) is 28.6 Å². The van der Waals surface area contributed by atoms with Crippen LogP contribution >= 0.6 is 0 Å². The molecule has 1 aromatic carbocycles. The highest BCUT2D eigenvalue weighted by Gasteiger charge is 2.27. The maximum atomic E-state index is 12.4. The molecule has 0 amide bonds. The summed E-state index contributed by atoms with van der Waals surface area (Å²) in [5, 5.41) is 30.0. The van der Waals surface area contributed by atoms with E-state index in [4.69, 9.17) is 9.15 Å². The van der Waals surface area contributed by atoms with Gasteiger partial charge in [0.05, 0.1) is 21.0 Å².